The monoisotopic (exact) mass is 291 g/mol. The quantitative estimate of drug-likeness (QED) is 0.866. The van der Waals surface area contributed by atoms with Crippen molar-refractivity contribution in [2.24, 2.45) is 0 Å². The van der Waals surface area contributed by atoms with Gasteiger partial charge in [-0.15, -0.1) is 0 Å². The first-order valence-electron chi connectivity index (χ1n) is 7.02. The van der Waals surface area contributed by atoms with Crippen molar-refractivity contribution in [3.05, 3.63) is 59.7 Å². The van der Waals surface area contributed by atoms with Crippen LogP contribution in [0.3, 0.4) is 0 Å². The maximum absolute atomic E-state index is 12.6. The number of alkyl halides is 3. The van der Waals surface area contributed by atoms with E-state index in [9.17, 15) is 13.2 Å². The van der Waals surface area contributed by atoms with Crippen molar-refractivity contribution in [3.63, 3.8) is 0 Å². The molecule has 0 heterocycles. The Morgan fingerprint density at radius 2 is 1.67 bits per heavy atom. The summed E-state index contributed by atoms with van der Waals surface area (Å²) in [7, 11) is 0. The van der Waals surface area contributed by atoms with Crippen molar-refractivity contribution in [1.82, 2.24) is 5.32 Å². The van der Waals surface area contributed by atoms with Gasteiger partial charge in [-0.2, -0.15) is 13.2 Å². The zero-order valence-corrected chi connectivity index (χ0v) is 11.5. The third-order valence-corrected chi connectivity index (χ3v) is 3.64. The van der Waals surface area contributed by atoms with E-state index in [-0.39, 0.29) is 0 Å². The first-order valence-corrected chi connectivity index (χ1v) is 7.02. The van der Waals surface area contributed by atoms with Crippen LogP contribution in [0.4, 0.5) is 13.2 Å². The molecule has 110 valence electrons. The molecule has 0 saturated heterocycles. The fraction of sp³-hybridized carbons (Fsp3) is 0.294. The third kappa shape index (κ3) is 3.64. The third-order valence-electron chi connectivity index (χ3n) is 3.64. The summed E-state index contributed by atoms with van der Waals surface area (Å²) in [6.45, 7) is 0.805. The van der Waals surface area contributed by atoms with Gasteiger partial charge in [0, 0.05) is 12.6 Å². The lowest BCUT2D eigenvalue weighted by molar-refractivity contribution is -0.137. The van der Waals surface area contributed by atoms with Gasteiger partial charge >= 0.3 is 6.18 Å². The van der Waals surface area contributed by atoms with Crippen LogP contribution in [0.1, 0.15) is 24.0 Å². The minimum absolute atomic E-state index is 0.613. The van der Waals surface area contributed by atoms with Gasteiger partial charge in [-0.05, 0) is 47.7 Å². The topological polar surface area (TPSA) is 12.0 Å². The van der Waals surface area contributed by atoms with E-state index in [1.807, 2.05) is 24.3 Å². The second kappa shape index (κ2) is 5.53. The number of nitrogens with one attached hydrogen (secondary N) is 1. The van der Waals surface area contributed by atoms with E-state index in [0.717, 1.165) is 35.4 Å². The van der Waals surface area contributed by atoms with Crippen LogP contribution in [-0.2, 0) is 12.7 Å². The Kier molecular flexibility index (Phi) is 3.72. The van der Waals surface area contributed by atoms with E-state index in [1.54, 1.807) is 0 Å². The molecule has 1 fully saturated rings. The van der Waals surface area contributed by atoms with Gasteiger partial charge < -0.3 is 5.32 Å². The highest BCUT2D eigenvalue weighted by atomic mass is 19.4. The number of rotatable bonds is 4. The predicted molar refractivity (Wildman–Crippen MR) is 76.7 cm³/mol. The van der Waals surface area contributed by atoms with Crippen LogP contribution in [0.25, 0.3) is 11.1 Å². The summed E-state index contributed by atoms with van der Waals surface area (Å²) in [6.07, 6.45) is -1.81. The molecule has 0 bridgehead atoms. The normalized spacial score (nSPS) is 15.2. The first-order chi connectivity index (χ1) is 10.0. The summed E-state index contributed by atoms with van der Waals surface area (Å²) in [5, 5.41) is 3.43. The van der Waals surface area contributed by atoms with E-state index in [1.165, 1.54) is 25.0 Å². The highest BCUT2D eigenvalue weighted by Crippen LogP contribution is 2.31. The zero-order valence-electron chi connectivity index (χ0n) is 11.5. The highest BCUT2D eigenvalue weighted by molar-refractivity contribution is 5.64. The average Bonchev–Trinajstić information content (AvgIpc) is 3.29. The van der Waals surface area contributed by atoms with Crippen molar-refractivity contribution in [1.29, 1.82) is 0 Å². The van der Waals surface area contributed by atoms with Gasteiger partial charge in [0.1, 0.15) is 0 Å². The number of hydrogen-bond donors (Lipinski definition) is 1. The Labute approximate surface area is 121 Å². The SMILES string of the molecule is FC(F)(F)c1ccc(-c2cccc(CNC3CC3)c2)cc1. The second-order valence-corrected chi connectivity index (χ2v) is 5.43. The maximum atomic E-state index is 12.6. The summed E-state index contributed by atoms with van der Waals surface area (Å²) in [4.78, 5) is 0. The molecule has 3 rings (SSSR count). The molecule has 0 amide bonds. The van der Waals surface area contributed by atoms with Crippen LogP contribution < -0.4 is 5.32 Å². The molecule has 1 N–H and O–H groups in total. The number of benzene rings is 2. The maximum Gasteiger partial charge on any atom is 0.416 e. The predicted octanol–water partition coefficient (Wildman–Crippen LogP) is 4.62. The first kappa shape index (κ1) is 14.1. The van der Waals surface area contributed by atoms with Crippen LogP contribution in [0, 0.1) is 0 Å². The largest absolute Gasteiger partial charge is 0.416 e. The van der Waals surface area contributed by atoms with Gasteiger partial charge in [-0.1, -0.05) is 30.3 Å². The molecule has 1 aliphatic rings. The zero-order chi connectivity index (χ0) is 14.9. The van der Waals surface area contributed by atoms with Gasteiger partial charge in [-0.25, -0.2) is 0 Å². The molecule has 0 unspecified atom stereocenters. The van der Waals surface area contributed by atoms with E-state index >= 15 is 0 Å². The fourth-order valence-electron chi connectivity index (χ4n) is 2.26. The summed E-state index contributed by atoms with van der Waals surface area (Å²) in [6, 6.07) is 13.9. The van der Waals surface area contributed by atoms with Gasteiger partial charge in [0.05, 0.1) is 5.56 Å². The van der Waals surface area contributed by atoms with Crippen molar-refractivity contribution in [2.75, 3.05) is 0 Å². The summed E-state index contributed by atoms with van der Waals surface area (Å²) < 4.78 is 37.7. The standard InChI is InChI=1S/C17H16F3N/c18-17(19,20)15-6-4-13(5-7-15)14-3-1-2-12(10-14)11-21-16-8-9-16/h1-7,10,16,21H,8-9,11H2. The minimum Gasteiger partial charge on any atom is -0.310 e. The molecular weight excluding hydrogens is 275 g/mol. The Morgan fingerprint density at radius 3 is 2.29 bits per heavy atom. The Morgan fingerprint density at radius 1 is 0.952 bits per heavy atom. The molecule has 0 radical (unpaired) electrons. The molecule has 0 aromatic heterocycles. The van der Waals surface area contributed by atoms with Crippen molar-refractivity contribution in [3.8, 4) is 11.1 Å². The summed E-state index contributed by atoms with van der Waals surface area (Å²) >= 11 is 0. The molecule has 1 nitrogen and oxygen atoms in total. The van der Waals surface area contributed by atoms with Crippen LogP contribution in [0.15, 0.2) is 48.5 Å². The molecular formula is C17H16F3N. The number of hydrogen-bond acceptors (Lipinski definition) is 1. The van der Waals surface area contributed by atoms with Gasteiger partial charge in [0.2, 0.25) is 0 Å². The van der Waals surface area contributed by atoms with E-state index in [2.05, 4.69) is 5.32 Å². The second-order valence-electron chi connectivity index (χ2n) is 5.43. The minimum atomic E-state index is -4.28. The Balaban J connectivity index is 1.77. The van der Waals surface area contributed by atoms with Gasteiger partial charge in [-0.3, -0.25) is 0 Å². The van der Waals surface area contributed by atoms with Crippen LogP contribution in [-0.4, -0.2) is 6.04 Å². The van der Waals surface area contributed by atoms with Crippen LogP contribution in [0.2, 0.25) is 0 Å². The molecule has 4 heteroatoms. The molecule has 2 aromatic rings. The van der Waals surface area contributed by atoms with Crippen LogP contribution in [0.5, 0.6) is 0 Å². The lowest BCUT2D eigenvalue weighted by Crippen LogP contribution is -2.15. The lowest BCUT2D eigenvalue weighted by Gasteiger charge is -2.09. The summed E-state index contributed by atoms with van der Waals surface area (Å²) in [5.74, 6) is 0. The van der Waals surface area contributed by atoms with Crippen molar-refractivity contribution >= 4 is 0 Å². The molecule has 2 aromatic carbocycles. The highest BCUT2D eigenvalue weighted by Gasteiger charge is 2.29. The van der Waals surface area contributed by atoms with Crippen molar-refractivity contribution in [2.45, 2.75) is 31.6 Å². The number of halogens is 3. The fourth-order valence-corrected chi connectivity index (χ4v) is 2.26. The van der Waals surface area contributed by atoms with E-state index < -0.39 is 11.7 Å². The lowest BCUT2D eigenvalue weighted by atomic mass is 10.0. The van der Waals surface area contributed by atoms with Crippen LogP contribution >= 0.6 is 0 Å². The summed E-state index contributed by atoms with van der Waals surface area (Å²) in [5.41, 5.74) is 2.28. The molecule has 0 spiro atoms. The molecule has 1 saturated carbocycles. The Bertz CT molecular complexity index is 613. The average molecular weight is 291 g/mol. The van der Waals surface area contributed by atoms with Gasteiger partial charge in [0.15, 0.2) is 0 Å². The molecule has 1 aliphatic carbocycles. The van der Waals surface area contributed by atoms with Crippen molar-refractivity contribution < 1.29 is 13.2 Å². The van der Waals surface area contributed by atoms with Gasteiger partial charge in [0.25, 0.3) is 0 Å². The molecule has 0 atom stereocenters. The Hall–Kier alpha value is -1.81. The molecule has 0 aliphatic heterocycles. The molecule has 21 heavy (non-hydrogen) atoms. The smallest absolute Gasteiger partial charge is 0.310 e. The van der Waals surface area contributed by atoms with E-state index in [0.29, 0.717) is 6.04 Å². The van der Waals surface area contributed by atoms with E-state index in [4.69, 9.17) is 0 Å².